The van der Waals surface area contributed by atoms with Gasteiger partial charge in [0.2, 0.25) is 5.95 Å². The highest BCUT2D eigenvalue weighted by Crippen LogP contribution is 2.44. The van der Waals surface area contributed by atoms with Crippen LogP contribution in [0.5, 0.6) is 5.75 Å². The molecule has 0 aliphatic carbocycles. The van der Waals surface area contributed by atoms with Crippen LogP contribution in [0.4, 0.5) is 5.95 Å². The minimum absolute atomic E-state index is 0.245. The molecule has 6 heteroatoms. The molecule has 0 atom stereocenters. The number of ether oxygens (including phenoxy) is 1. The number of nitrogen functional groups attached to an aromatic ring is 1. The van der Waals surface area contributed by atoms with Gasteiger partial charge in [-0.15, -0.1) is 0 Å². The van der Waals surface area contributed by atoms with Gasteiger partial charge in [0.1, 0.15) is 5.75 Å². The van der Waals surface area contributed by atoms with Gasteiger partial charge in [0.25, 0.3) is 0 Å². The molecule has 0 radical (unpaired) electrons. The van der Waals surface area contributed by atoms with Crippen LogP contribution < -0.4 is 10.5 Å². The second-order valence-electron chi connectivity index (χ2n) is 5.31. The molecular weight excluding hydrogens is 309 g/mol. The summed E-state index contributed by atoms with van der Waals surface area (Å²) in [5.41, 5.74) is 9.26. The molecule has 0 saturated heterocycles. The van der Waals surface area contributed by atoms with E-state index in [2.05, 4.69) is 23.8 Å². The van der Waals surface area contributed by atoms with Crippen molar-refractivity contribution in [2.45, 2.75) is 26.2 Å². The Kier molecular flexibility index (Phi) is 3.68. The highest BCUT2D eigenvalue weighted by molar-refractivity contribution is 6.37. The maximum Gasteiger partial charge on any atom is 0.220 e. The number of hydrogen-bond acceptors (Lipinski definition) is 4. The second-order valence-corrected chi connectivity index (χ2v) is 6.13. The summed E-state index contributed by atoms with van der Waals surface area (Å²) in [6, 6.07) is 3.62. The monoisotopic (exact) mass is 323 g/mol. The van der Waals surface area contributed by atoms with Crippen molar-refractivity contribution >= 4 is 29.2 Å². The second kappa shape index (κ2) is 5.35. The Morgan fingerprint density at radius 1 is 1.19 bits per heavy atom. The highest BCUT2D eigenvalue weighted by Gasteiger charge is 2.24. The first-order valence-electron chi connectivity index (χ1n) is 6.76. The zero-order valence-corrected chi connectivity index (χ0v) is 13.3. The first-order chi connectivity index (χ1) is 9.97. The van der Waals surface area contributed by atoms with Gasteiger partial charge in [0.05, 0.1) is 22.3 Å². The number of aromatic nitrogens is 2. The first kappa shape index (κ1) is 14.4. The normalized spacial score (nSPS) is 13.4. The molecule has 0 unspecified atom stereocenters. The third-order valence-electron chi connectivity index (χ3n) is 3.49. The smallest absolute Gasteiger partial charge is 0.220 e. The van der Waals surface area contributed by atoms with Crippen LogP contribution in [0.15, 0.2) is 12.1 Å². The molecule has 0 saturated carbocycles. The van der Waals surface area contributed by atoms with Crippen LogP contribution in [0.1, 0.15) is 31.0 Å². The van der Waals surface area contributed by atoms with Gasteiger partial charge < -0.3 is 10.5 Å². The summed E-state index contributed by atoms with van der Waals surface area (Å²) in [6.45, 7) is 4.71. The van der Waals surface area contributed by atoms with Crippen LogP contribution in [0.25, 0.3) is 11.3 Å². The first-order valence-corrected chi connectivity index (χ1v) is 7.51. The Morgan fingerprint density at radius 2 is 1.95 bits per heavy atom. The van der Waals surface area contributed by atoms with Crippen LogP contribution in [-0.2, 0) is 6.42 Å². The quantitative estimate of drug-likeness (QED) is 0.904. The summed E-state index contributed by atoms with van der Waals surface area (Å²) in [5.74, 6) is 1.19. The lowest BCUT2D eigenvalue weighted by molar-refractivity contribution is 0.357. The van der Waals surface area contributed by atoms with Gasteiger partial charge >= 0.3 is 0 Å². The molecular formula is C15H15Cl2N3O. The van der Waals surface area contributed by atoms with Crippen molar-refractivity contribution in [2.24, 2.45) is 0 Å². The lowest BCUT2D eigenvalue weighted by atomic mass is 10.00. The van der Waals surface area contributed by atoms with Crippen LogP contribution in [-0.4, -0.2) is 16.6 Å². The summed E-state index contributed by atoms with van der Waals surface area (Å²) in [6.07, 6.45) is 0.756. The van der Waals surface area contributed by atoms with Crippen LogP contribution in [0.3, 0.4) is 0 Å². The van der Waals surface area contributed by atoms with Gasteiger partial charge in [-0.05, 0) is 18.1 Å². The van der Waals surface area contributed by atoms with Crippen LogP contribution in [0.2, 0.25) is 10.0 Å². The van der Waals surface area contributed by atoms with Crippen molar-refractivity contribution in [3.63, 3.8) is 0 Å². The SMILES string of the molecule is CC(C)c1cc(-c2c(Cl)cc(Cl)c3c2CCO3)nc(N)n1. The molecule has 0 spiro atoms. The zero-order chi connectivity index (χ0) is 15.1. The van der Waals surface area contributed by atoms with Gasteiger partial charge in [0, 0.05) is 23.2 Å². The Labute approximate surface area is 133 Å². The average molecular weight is 324 g/mol. The molecule has 110 valence electrons. The van der Waals surface area contributed by atoms with Crippen molar-refractivity contribution in [3.8, 4) is 17.0 Å². The lowest BCUT2D eigenvalue weighted by Gasteiger charge is -2.13. The Hall–Kier alpha value is -1.52. The van der Waals surface area contributed by atoms with Crippen LogP contribution >= 0.6 is 23.2 Å². The predicted molar refractivity (Wildman–Crippen MR) is 85.2 cm³/mol. The Balaban J connectivity index is 2.24. The number of anilines is 1. The number of nitrogens with zero attached hydrogens (tertiary/aromatic N) is 2. The molecule has 0 amide bonds. The molecule has 2 N–H and O–H groups in total. The minimum Gasteiger partial charge on any atom is -0.491 e. The van der Waals surface area contributed by atoms with Gasteiger partial charge in [-0.3, -0.25) is 0 Å². The number of fused-ring (bicyclic) bond motifs is 1. The minimum atomic E-state index is 0.245. The predicted octanol–water partition coefficient (Wildman–Crippen LogP) is 4.09. The van der Waals surface area contributed by atoms with E-state index < -0.39 is 0 Å². The van der Waals surface area contributed by atoms with E-state index in [1.807, 2.05) is 6.07 Å². The summed E-state index contributed by atoms with van der Waals surface area (Å²) in [7, 11) is 0. The standard InChI is InChI=1S/C15H15Cl2N3O/c1-7(2)11-6-12(20-15(18)19-11)13-8-3-4-21-14(8)10(17)5-9(13)16/h5-7H,3-4H2,1-2H3,(H2,18,19,20). The maximum absolute atomic E-state index is 6.39. The largest absolute Gasteiger partial charge is 0.491 e. The van der Waals surface area contributed by atoms with E-state index in [9.17, 15) is 0 Å². The van der Waals surface area contributed by atoms with Gasteiger partial charge in [0.15, 0.2) is 0 Å². The number of benzene rings is 1. The van der Waals surface area contributed by atoms with Crippen molar-refractivity contribution in [1.82, 2.24) is 9.97 Å². The molecule has 1 aliphatic heterocycles. The fourth-order valence-electron chi connectivity index (χ4n) is 2.49. The van der Waals surface area contributed by atoms with Crippen LogP contribution in [0, 0.1) is 0 Å². The lowest BCUT2D eigenvalue weighted by Crippen LogP contribution is -2.03. The van der Waals surface area contributed by atoms with E-state index in [-0.39, 0.29) is 11.9 Å². The summed E-state index contributed by atoms with van der Waals surface area (Å²) in [4.78, 5) is 8.60. The molecule has 2 aromatic rings. The molecule has 2 heterocycles. The van der Waals surface area contributed by atoms with E-state index in [0.717, 1.165) is 28.9 Å². The fourth-order valence-corrected chi connectivity index (χ4v) is 3.14. The zero-order valence-electron chi connectivity index (χ0n) is 11.8. The van der Waals surface area contributed by atoms with Gasteiger partial charge in [-0.2, -0.15) is 0 Å². The number of halogens is 2. The average Bonchev–Trinajstić information content (AvgIpc) is 2.87. The molecule has 4 nitrogen and oxygen atoms in total. The molecule has 1 aromatic heterocycles. The van der Waals surface area contributed by atoms with Crippen molar-refractivity contribution < 1.29 is 4.74 Å². The Bertz CT molecular complexity index is 717. The van der Waals surface area contributed by atoms with E-state index in [1.165, 1.54) is 0 Å². The molecule has 0 fully saturated rings. The third-order valence-corrected chi connectivity index (χ3v) is 4.07. The molecule has 1 aliphatic rings. The highest BCUT2D eigenvalue weighted by atomic mass is 35.5. The molecule has 21 heavy (non-hydrogen) atoms. The van der Waals surface area contributed by atoms with E-state index in [1.54, 1.807) is 6.07 Å². The fraction of sp³-hybridized carbons (Fsp3) is 0.333. The number of rotatable bonds is 2. The topological polar surface area (TPSA) is 61.0 Å². The molecule has 3 rings (SSSR count). The summed E-state index contributed by atoms with van der Waals surface area (Å²) in [5, 5.41) is 1.08. The van der Waals surface area contributed by atoms with E-state index in [0.29, 0.717) is 22.4 Å². The maximum atomic E-state index is 6.39. The Morgan fingerprint density at radius 3 is 2.67 bits per heavy atom. The summed E-state index contributed by atoms with van der Waals surface area (Å²) >= 11 is 12.6. The summed E-state index contributed by atoms with van der Waals surface area (Å²) < 4.78 is 5.59. The number of hydrogen-bond donors (Lipinski definition) is 1. The van der Waals surface area contributed by atoms with Gasteiger partial charge in [-0.25, -0.2) is 9.97 Å². The molecule has 1 aromatic carbocycles. The van der Waals surface area contributed by atoms with Crippen molar-refractivity contribution in [2.75, 3.05) is 12.3 Å². The molecule has 0 bridgehead atoms. The van der Waals surface area contributed by atoms with E-state index in [4.69, 9.17) is 33.7 Å². The van der Waals surface area contributed by atoms with Gasteiger partial charge in [-0.1, -0.05) is 37.0 Å². The van der Waals surface area contributed by atoms with E-state index >= 15 is 0 Å². The third kappa shape index (κ3) is 2.54. The number of nitrogens with two attached hydrogens (primary N) is 1. The van der Waals surface area contributed by atoms with Crippen molar-refractivity contribution in [1.29, 1.82) is 0 Å². The van der Waals surface area contributed by atoms with Crippen molar-refractivity contribution in [3.05, 3.63) is 33.4 Å².